The molecule has 2 aliphatic heterocycles. The van der Waals surface area contributed by atoms with Gasteiger partial charge in [-0.05, 0) is 36.2 Å². The molecule has 0 saturated carbocycles. The summed E-state index contributed by atoms with van der Waals surface area (Å²) < 4.78 is 51.3. The first-order chi connectivity index (χ1) is 17.2. The minimum Gasteiger partial charge on any atom is -0.497 e. The first-order valence-corrected chi connectivity index (χ1v) is 11.6. The summed E-state index contributed by atoms with van der Waals surface area (Å²) in [6.45, 7) is 1.86. The number of methoxy groups -OCH3 is 2. The molecule has 37 heavy (non-hydrogen) atoms. The lowest BCUT2D eigenvalue weighted by atomic mass is 10.0. The number of nitrogens with zero attached hydrogens (tertiary/aromatic N) is 3. The normalized spacial score (nSPS) is 17.8. The van der Waals surface area contributed by atoms with Gasteiger partial charge in [0.05, 0.1) is 26.8 Å². The van der Waals surface area contributed by atoms with Gasteiger partial charge in [-0.1, -0.05) is 0 Å². The second-order valence-corrected chi connectivity index (χ2v) is 9.05. The van der Waals surface area contributed by atoms with Crippen LogP contribution in [0.5, 0.6) is 11.5 Å². The molecule has 2 N–H and O–H groups in total. The number of urea groups is 1. The van der Waals surface area contributed by atoms with Crippen LogP contribution in [0.15, 0.2) is 30.3 Å². The molecule has 0 bridgehead atoms. The van der Waals surface area contributed by atoms with Gasteiger partial charge in [-0.2, -0.15) is 0 Å². The summed E-state index contributed by atoms with van der Waals surface area (Å²) in [4.78, 5) is 31.0. The van der Waals surface area contributed by atoms with E-state index in [2.05, 4.69) is 0 Å². The van der Waals surface area contributed by atoms with Gasteiger partial charge in [-0.3, -0.25) is 4.79 Å². The molecule has 2 fully saturated rings. The zero-order valence-corrected chi connectivity index (χ0v) is 21.4. The van der Waals surface area contributed by atoms with Gasteiger partial charge in [0, 0.05) is 50.3 Å². The maximum atomic E-state index is 13.9. The predicted octanol–water partition coefficient (Wildman–Crippen LogP) is 2.95. The van der Waals surface area contributed by atoms with Crippen molar-refractivity contribution in [3.05, 3.63) is 58.9 Å². The molecule has 8 nitrogen and oxygen atoms in total. The van der Waals surface area contributed by atoms with E-state index in [1.807, 2.05) is 6.07 Å². The van der Waals surface area contributed by atoms with E-state index in [4.69, 9.17) is 15.2 Å². The number of hydrogen-bond donors (Lipinski definition) is 1. The lowest BCUT2D eigenvalue weighted by Crippen LogP contribution is -2.54. The number of amides is 3. The lowest BCUT2D eigenvalue weighted by Gasteiger charge is -2.36. The number of nitrogens with two attached hydrogens (primary N) is 1. The van der Waals surface area contributed by atoms with E-state index >= 15 is 0 Å². The second-order valence-electron chi connectivity index (χ2n) is 9.05. The van der Waals surface area contributed by atoms with E-state index in [9.17, 15) is 22.8 Å². The standard InChI is InChI=1S/C25H29F3N4O4.ClH/c1-35-19-3-4-23(36-2)16(8-19)12-31-14-18-13-30(5-6-32(18)25(31)34)24(33)10-17(29)7-15-9-21(27)22(28)11-20(15)26;/h3-4,8-9,11,17-18H,5-7,10,12-14,29H2,1-2H3;1H/t17-,18?;/m1./s1. The largest absolute Gasteiger partial charge is 0.497 e. The highest BCUT2D eigenvalue weighted by atomic mass is 35.5. The molecule has 2 heterocycles. The first kappa shape index (κ1) is 28.4. The fraction of sp³-hybridized carbons (Fsp3) is 0.440. The van der Waals surface area contributed by atoms with Crippen LogP contribution in [0.2, 0.25) is 0 Å². The molecule has 1 unspecified atom stereocenters. The average molecular weight is 543 g/mol. The first-order valence-electron chi connectivity index (χ1n) is 11.6. The molecule has 2 atom stereocenters. The Morgan fingerprint density at radius 1 is 1.03 bits per heavy atom. The molecule has 2 aromatic rings. The molecule has 0 radical (unpaired) electrons. The number of hydrogen-bond acceptors (Lipinski definition) is 5. The zero-order chi connectivity index (χ0) is 26.0. The SMILES string of the molecule is COc1ccc(OC)c(CN2CC3CN(C(=O)C[C@H](N)Cc4cc(F)c(F)cc4F)CCN3C2=O)c1.Cl. The number of carbonyl (C=O) groups excluding carboxylic acids is 2. The Morgan fingerprint density at radius 2 is 1.76 bits per heavy atom. The quantitative estimate of drug-likeness (QED) is 0.518. The number of ether oxygens (including phenoxy) is 2. The Balaban J connectivity index is 0.00000380. The molecule has 0 aromatic heterocycles. The van der Waals surface area contributed by atoms with Crippen LogP contribution in [-0.4, -0.2) is 79.1 Å². The Kier molecular flexibility index (Phi) is 9.14. The smallest absolute Gasteiger partial charge is 0.320 e. The highest BCUT2D eigenvalue weighted by Gasteiger charge is 2.41. The third-order valence-electron chi connectivity index (χ3n) is 6.64. The molecule has 4 rings (SSSR count). The van der Waals surface area contributed by atoms with Crippen molar-refractivity contribution >= 4 is 24.3 Å². The van der Waals surface area contributed by atoms with Crippen molar-refractivity contribution in [3.63, 3.8) is 0 Å². The van der Waals surface area contributed by atoms with Gasteiger partial charge in [-0.15, -0.1) is 12.4 Å². The fourth-order valence-corrected chi connectivity index (χ4v) is 4.78. The van der Waals surface area contributed by atoms with E-state index in [0.717, 1.165) is 11.6 Å². The van der Waals surface area contributed by atoms with Gasteiger partial charge >= 0.3 is 6.03 Å². The molecule has 2 saturated heterocycles. The van der Waals surface area contributed by atoms with E-state index in [1.54, 1.807) is 41.1 Å². The summed E-state index contributed by atoms with van der Waals surface area (Å²) >= 11 is 0. The molecular weight excluding hydrogens is 513 g/mol. The summed E-state index contributed by atoms with van der Waals surface area (Å²) in [6.07, 6.45) is -0.184. The van der Waals surface area contributed by atoms with Crippen LogP contribution in [0.3, 0.4) is 0 Å². The molecule has 2 aliphatic rings. The summed E-state index contributed by atoms with van der Waals surface area (Å²) in [5.41, 5.74) is 6.77. The van der Waals surface area contributed by atoms with Crippen LogP contribution >= 0.6 is 12.4 Å². The molecule has 3 amide bonds. The van der Waals surface area contributed by atoms with Gasteiger partial charge in [0.15, 0.2) is 11.6 Å². The van der Waals surface area contributed by atoms with Crippen LogP contribution in [-0.2, 0) is 17.8 Å². The van der Waals surface area contributed by atoms with Crippen molar-refractivity contribution in [1.29, 1.82) is 0 Å². The minimum absolute atomic E-state index is 0. The van der Waals surface area contributed by atoms with E-state index in [0.29, 0.717) is 50.3 Å². The molecule has 202 valence electrons. The highest BCUT2D eigenvalue weighted by molar-refractivity contribution is 5.85. The molecule has 12 heteroatoms. The molecule has 0 aliphatic carbocycles. The molecule has 0 spiro atoms. The highest BCUT2D eigenvalue weighted by Crippen LogP contribution is 2.29. The van der Waals surface area contributed by atoms with Gasteiger partial charge in [-0.25, -0.2) is 18.0 Å². The van der Waals surface area contributed by atoms with Crippen LogP contribution in [0, 0.1) is 17.5 Å². The summed E-state index contributed by atoms with van der Waals surface area (Å²) in [7, 11) is 3.13. The van der Waals surface area contributed by atoms with Gasteiger partial charge < -0.3 is 29.9 Å². The number of piperazine rings is 1. The van der Waals surface area contributed by atoms with Gasteiger partial charge in [0.1, 0.15) is 17.3 Å². The average Bonchev–Trinajstić information content (AvgIpc) is 3.16. The van der Waals surface area contributed by atoms with Crippen molar-refractivity contribution in [3.8, 4) is 11.5 Å². The monoisotopic (exact) mass is 542 g/mol. The molecule has 2 aromatic carbocycles. The van der Waals surface area contributed by atoms with Crippen LogP contribution < -0.4 is 15.2 Å². The van der Waals surface area contributed by atoms with E-state index in [1.165, 1.54) is 0 Å². The Hall–Kier alpha value is -3.18. The summed E-state index contributed by atoms with van der Waals surface area (Å²) in [5.74, 6) is -2.26. The third kappa shape index (κ3) is 6.22. The van der Waals surface area contributed by atoms with E-state index in [-0.39, 0.29) is 48.8 Å². The van der Waals surface area contributed by atoms with Crippen LogP contribution in [0.1, 0.15) is 17.5 Å². The Morgan fingerprint density at radius 3 is 2.46 bits per heavy atom. The number of carbonyl (C=O) groups is 2. The molecular formula is C25H30ClF3N4O4. The topological polar surface area (TPSA) is 88.3 Å². The van der Waals surface area contributed by atoms with Crippen molar-refractivity contribution in [2.45, 2.75) is 31.5 Å². The second kappa shape index (κ2) is 11.9. The zero-order valence-electron chi connectivity index (χ0n) is 20.6. The lowest BCUT2D eigenvalue weighted by molar-refractivity contribution is -0.133. The minimum atomic E-state index is -1.27. The number of rotatable bonds is 8. The Bertz CT molecular complexity index is 1160. The van der Waals surface area contributed by atoms with Gasteiger partial charge in [0.2, 0.25) is 5.91 Å². The number of fused-ring (bicyclic) bond motifs is 1. The summed E-state index contributed by atoms with van der Waals surface area (Å²) in [5, 5.41) is 0. The number of halogens is 4. The maximum absolute atomic E-state index is 13.9. The number of benzene rings is 2. The fourth-order valence-electron chi connectivity index (χ4n) is 4.78. The maximum Gasteiger partial charge on any atom is 0.320 e. The van der Waals surface area contributed by atoms with Crippen molar-refractivity contribution in [1.82, 2.24) is 14.7 Å². The van der Waals surface area contributed by atoms with Crippen LogP contribution in [0.4, 0.5) is 18.0 Å². The third-order valence-corrected chi connectivity index (χ3v) is 6.64. The van der Waals surface area contributed by atoms with Crippen molar-refractivity contribution in [2.75, 3.05) is 40.4 Å². The van der Waals surface area contributed by atoms with Crippen molar-refractivity contribution < 1.29 is 32.2 Å². The van der Waals surface area contributed by atoms with Crippen LogP contribution in [0.25, 0.3) is 0 Å². The van der Waals surface area contributed by atoms with Crippen molar-refractivity contribution in [2.24, 2.45) is 5.73 Å². The van der Waals surface area contributed by atoms with Gasteiger partial charge in [0.25, 0.3) is 0 Å². The Labute approximate surface area is 219 Å². The predicted molar refractivity (Wildman–Crippen MR) is 132 cm³/mol. The summed E-state index contributed by atoms with van der Waals surface area (Å²) in [6, 6.07) is 5.60. The van der Waals surface area contributed by atoms with E-state index < -0.39 is 23.5 Å².